The van der Waals surface area contributed by atoms with Crippen LogP contribution in [0.4, 0.5) is 0 Å². The van der Waals surface area contributed by atoms with Crippen LogP contribution in [-0.2, 0) is 0 Å². The highest BCUT2D eigenvalue weighted by atomic mass is 79.9. The zero-order chi connectivity index (χ0) is 14.4. The summed E-state index contributed by atoms with van der Waals surface area (Å²) in [5, 5.41) is 0. The molecule has 7 heteroatoms. The van der Waals surface area contributed by atoms with Crippen LogP contribution >= 0.6 is 15.9 Å². The van der Waals surface area contributed by atoms with E-state index in [2.05, 4.69) is 30.9 Å². The van der Waals surface area contributed by atoms with Crippen LogP contribution in [0.25, 0.3) is 0 Å². The molecule has 2 aromatic rings. The molecule has 1 atom stereocenters. The molecule has 0 aliphatic carbocycles. The van der Waals surface area contributed by atoms with Crippen LogP contribution in [0, 0.1) is 0 Å². The van der Waals surface area contributed by atoms with Crippen molar-refractivity contribution in [3.8, 4) is 0 Å². The number of halogens is 1. The molecule has 0 fully saturated rings. The van der Waals surface area contributed by atoms with Crippen molar-refractivity contribution in [2.24, 2.45) is 5.73 Å². The largest absolute Gasteiger partial charge is 0.442 e. The second kappa shape index (κ2) is 7.35. The average molecular weight is 341 g/mol. The molecule has 6 nitrogen and oxygen atoms in total. The maximum atomic E-state index is 11.6. The number of nitrogens with two attached hydrogens (primary N) is 1. The highest BCUT2D eigenvalue weighted by Crippen LogP contribution is 2.17. The van der Waals surface area contributed by atoms with Crippen LogP contribution in [0.1, 0.15) is 54.7 Å². The Kier molecular flexibility index (Phi) is 5.49. The molecule has 0 bridgehead atoms. The van der Waals surface area contributed by atoms with Crippen LogP contribution in [0.2, 0.25) is 0 Å². The van der Waals surface area contributed by atoms with Gasteiger partial charge in [-0.1, -0.05) is 12.8 Å². The summed E-state index contributed by atoms with van der Waals surface area (Å²) >= 11 is 3.30. The van der Waals surface area contributed by atoms with Crippen molar-refractivity contribution in [2.45, 2.75) is 38.1 Å². The van der Waals surface area contributed by atoms with Gasteiger partial charge in [0.25, 0.3) is 5.89 Å². The molecule has 0 amide bonds. The van der Waals surface area contributed by atoms with Crippen molar-refractivity contribution in [2.75, 3.05) is 0 Å². The molecule has 0 saturated heterocycles. The van der Waals surface area contributed by atoms with Gasteiger partial charge in [-0.15, -0.1) is 0 Å². The van der Waals surface area contributed by atoms with E-state index in [4.69, 9.17) is 10.2 Å². The van der Waals surface area contributed by atoms with Gasteiger partial charge in [0.15, 0.2) is 0 Å². The maximum absolute atomic E-state index is 11.6. The summed E-state index contributed by atoms with van der Waals surface area (Å²) in [6.07, 6.45) is 8.61. The highest BCUT2D eigenvalue weighted by Gasteiger charge is 2.11. The molecule has 0 unspecified atom stereocenters. The van der Waals surface area contributed by atoms with Gasteiger partial charge in [-0.3, -0.25) is 4.79 Å². The number of unbranched alkanes of at least 4 members (excludes halogenated alkanes) is 2. The van der Waals surface area contributed by atoms with Crippen molar-refractivity contribution >= 4 is 21.7 Å². The number of ketones is 1. The fourth-order valence-corrected chi connectivity index (χ4v) is 2.24. The van der Waals surface area contributed by atoms with E-state index in [1.165, 1.54) is 12.5 Å². The fraction of sp³-hybridized carbons (Fsp3) is 0.462. The smallest absolute Gasteiger partial charge is 0.263 e. The van der Waals surface area contributed by atoms with E-state index >= 15 is 0 Å². The Labute approximate surface area is 125 Å². The summed E-state index contributed by atoms with van der Waals surface area (Å²) in [5.41, 5.74) is 6.02. The van der Waals surface area contributed by atoms with E-state index in [9.17, 15) is 4.79 Å². The van der Waals surface area contributed by atoms with Crippen LogP contribution < -0.4 is 5.73 Å². The molecule has 0 aromatic carbocycles. The zero-order valence-corrected chi connectivity index (χ0v) is 12.6. The number of hydrogen-bond acceptors (Lipinski definition) is 5. The number of nitrogens with one attached hydrogen (secondary N) is 1. The Balaban J connectivity index is 1.61. The standard InChI is InChI=1S/C13H17BrN4O2/c14-11-8-17-12(18-11)9(15)4-2-1-3-5-10(19)13-16-6-7-20-13/h6-9H,1-5,15H2,(H,17,18)/t9-/m0/s1. The SMILES string of the molecule is N[C@@H](CCCCCC(=O)c1ncco1)c1ncc(Br)[nH]1. The molecule has 2 aromatic heterocycles. The number of rotatable bonds is 8. The van der Waals surface area contributed by atoms with Crippen LogP contribution in [0.15, 0.2) is 27.7 Å². The van der Waals surface area contributed by atoms with Crippen molar-refractivity contribution < 1.29 is 9.21 Å². The topological polar surface area (TPSA) is 97.8 Å². The van der Waals surface area contributed by atoms with Gasteiger partial charge in [0.05, 0.1) is 18.4 Å². The molecule has 3 N–H and O–H groups in total. The lowest BCUT2D eigenvalue weighted by atomic mass is 10.1. The molecule has 108 valence electrons. The Bertz CT molecular complexity index is 538. The summed E-state index contributed by atoms with van der Waals surface area (Å²) in [7, 11) is 0. The predicted octanol–water partition coefficient (Wildman–Crippen LogP) is 2.99. The minimum atomic E-state index is -0.0938. The molecule has 0 spiro atoms. The Morgan fingerprint density at radius 1 is 1.40 bits per heavy atom. The normalized spacial score (nSPS) is 12.5. The molecule has 2 heterocycles. The number of carbonyl (C=O) groups is 1. The summed E-state index contributed by atoms with van der Waals surface area (Å²) in [5.74, 6) is 0.934. The molecule has 2 rings (SSSR count). The molecular formula is C13H17BrN4O2. The van der Waals surface area contributed by atoms with E-state index in [0.717, 1.165) is 36.1 Å². The van der Waals surface area contributed by atoms with Crippen molar-refractivity contribution in [3.63, 3.8) is 0 Å². The first-order valence-corrected chi connectivity index (χ1v) is 7.35. The van der Waals surface area contributed by atoms with Gasteiger partial charge in [-0.2, -0.15) is 0 Å². The monoisotopic (exact) mass is 340 g/mol. The van der Waals surface area contributed by atoms with Crippen LogP contribution in [0.5, 0.6) is 0 Å². The van der Waals surface area contributed by atoms with E-state index in [-0.39, 0.29) is 17.7 Å². The second-order valence-corrected chi connectivity index (χ2v) is 5.44. The molecule has 0 aliphatic heterocycles. The van der Waals surface area contributed by atoms with Gasteiger partial charge in [-0.05, 0) is 28.8 Å². The average Bonchev–Trinajstić information content (AvgIpc) is 3.08. The summed E-state index contributed by atoms with van der Waals surface area (Å²) in [6.45, 7) is 0. The van der Waals surface area contributed by atoms with Gasteiger partial charge < -0.3 is 15.1 Å². The lowest BCUT2D eigenvalue weighted by Crippen LogP contribution is -2.11. The summed E-state index contributed by atoms with van der Waals surface area (Å²) < 4.78 is 5.79. The number of nitrogens with zero attached hydrogens (tertiary/aromatic N) is 2. The minimum Gasteiger partial charge on any atom is -0.442 e. The number of aromatic amines is 1. The maximum Gasteiger partial charge on any atom is 0.263 e. The van der Waals surface area contributed by atoms with Crippen molar-refractivity contribution in [1.29, 1.82) is 0 Å². The number of hydrogen-bond donors (Lipinski definition) is 2. The first kappa shape index (κ1) is 14.9. The first-order chi connectivity index (χ1) is 9.66. The van der Waals surface area contributed by atoms with Gasteiger partial charge in [-0.25, -0.2) is 9.97 Å². The molecule has 20 heavy (non-hydrogen) atoms. The third-order valence-corrected chi connectivity index (χ3v) is 3.41. The van der Waals surface area contributed by atoms with Crippen LogP contribution in [0.3, 0.4) is 0 Å². The summed E-state index contributed by atoms with van der Waals surface area (Å²) in [4.78, 5) is 22.7. The van der Waals surface area contributed by atoms with Gasteiger partial charge in [0, 0.05) is 6.42 Å². The lowest BCUT2D eigenvalue weighted by molar-refractivity contribution is 0.0945. The predicted molar refractivity (Wildman–Crippen MR) is 77.1 cm³/mol. The first-order valence-electron chi connectivity index (χ1n) is 6.55. The van der Waals surface area contributed by atoms with Crippen LogP contribution in [-0.4, -0.2) is 20.7 Å². The fourth-order valence-electron chi connectivity index (χ4n) is 1.93. The van der Waals surface area contributed by atoms with E-state index in [0.29, 0.717) is 6.42 Å². The van der Waals surface area contributed by atoms with E-state index in [1.807, 2.05) is 0 Å². The molecule has 0 radical (unpaired) electrons. The van der Waals surface area contributed by atoms with E-state index in [1.54, 1.807) is 6.20 Å². The Morgan fingerprint density at radius 2 is 2.25 bits per heavy atom. The molecule has 0 aliphatic rings. The van der Waals surface area contributed by atoms with Gasteiger partial charge >= 0.3 is 0 Å². The van der Waals surface area contributed by atoms with E-state index < -0.39 is 0 Å². The number of oxazole rings is 1. The molecule has 0 saturated carbocycles. The van der Waals surface area contributed by atoms with Crippen molar-refractivity contribution in [1.82, 2.24) is 15.0 Å². The Hall–Kier alpha value is -1.47. The lowest BCUT2D eigenvalue weighted by Gasteiger charge is -2.07. The Morgan fingerprint density at radius 3 is 2.90 bits per heavy atom. The minimum absolute atomic E-state index is 0.0470. The van der Waals surface area contributed by atoms with Gasteiger partial charge in [0.1, 0.15) is 16.7 Å². The van der Waals surface area contributed by atoms with Gasteiger partial charge in [0.2, 0.25) is 5.78 Å². The van der Waals surface area contributed by atoms with Crippen molar-refractivity contribution in [3.05, 3.63) is 35.0 Å². The third kappa shape index (κ3) is 4.28. The summed E-state index contributed by atoms with van der Waals surface area (Å²) in [6, 6.07) is -0.0938. The zero-order valence-electron chi connectivity index (χ0n) is 11.0. The number of H-pyrrole nitrogens is 1. The number of carbonyl (C=O) groups excluding carboxylic acids is 1. The number of Topliss-reactive ketones (excluding diaryl/α,β-unsaturated/α-hetero) is 1. The number of aromatic nitrogens is 3. The highest BCUT2D eigenvalue weighted by molar-refractivity contribution is 9.10. The number of imidazole rings is 1. The molecular weight excluding hydrogens is 324 g/mol. The quantitative estimate of drug-likeness (QED) is 0.568. The second-order valence-electron chi connectivity index (χ2n) is 4.58. The third-order valence-electron chi connectivity index (χ3n) is 3.01.